The Hall–Kier alpha value is -1.07. The molecule has 0 saturated heterocycles. The second-order valence-corrected chi connectivity index (χ2v) is 4.58. The van der Waals surface area contributed by atoms with Gasteiger partial charge in [0, 0.05) is 18.7 Å². The maximum absolute atomic E-state index is 11.6. The average molecular weight is 287 g/mol. The van der Waals surface area contributed by atoms with Crippen LogP contribution in [0.25, 0.3) is 0 Å². The summed E-state index contributed by atoms with van der Waals surface area (Å²) in [6, 6.07) is 4.75. The SMILES string of the molecule is CN(C)CCNC(=O)c1ccc(Br)c(O)c1. The Kier molecular flexibility index (Phi) is 4.76. The summed E-state index contributed by atoms with van der Waals surface area (Å²) in [5.41, 5.74) is 0.458. The molecular weight excluding hydrogens is 272 g/mol. The number of rotatable bonds is 4. The summed E-state index contributed by atoms with van der Waals surface area (Å²) >= 11 is 3.16. The Morgan fingerprint density at radius 2 is 2.19 bits per heavy atom. The van der Waals surface area contributed by atoms with E-state index in [1.807, 2.05) is 19.0 Å². The molecule has 1 aromatic carbocycles. The lowest BCUT2D eigenvalue weighted by atomic mass is 10.2. The van der Waals surface area contributed by atoms with Gasteiger partial charge in [-0.2, -0.15) is 0 Å². The number of benzene rings is 1. The highest BCUT2D eigenvalue weighted by Gasteiger charge is 2.07. The fraction of sp³-hybridized carbons (Fsp3) is 0.364. The van der Waals surface area contributed by atoms with Crippen LogP contribution >= 0.6 is 15.9 Å². The molecule has 0 spiro atoms. The molecule has 2 N–H and O–H groups in total. The predicted molar refractivity (Wildman–Crippen MR) is 66.7 cm³/mol. The number of halogens is 1. The lowest BCUT2D eigenvalue weighted by Gasteiger charge is -2.10. The van der Waals surface area contributed by atoms with E-state index >= 15 is 0 Å². The van der Waals surface area contributed by atoms with Crippen LogP contribution in [0, 0.1) is 0 Å². The quantitative estimate of drug-likeness (QED) is 0.881. The number of phenols is 1. The monoisotopic (exact) mass is 286 g/mol. The smallest absolute Gasteiger partial charge is 0.251 e. The highest BCUT2D eigenvalue weighted by molar-refractivity contribution is 9.10. The van der Waals surface area contributed by atoms with E-state index < -0.39 is 0 Å². The third-order valence-corrected chi connectivity index (χ3v) is 2.72. The van der Waals surface area contributed by atoms with Crippen LogP contribution in [-0.2, 0) is 0 Å². The van der Waals surface area contributed by atoms with E-state index in [1.165, 1.54) is 6.07 Å². The van der Waals surface area contributed by atoms with Crippen LogP contribution in [-0.4, -0.2) is 43.1 Å². The molecule has 1 aromatic rings. The Balaban J connectivity index is 2.56. The largest absolute Gasteiger partial charge is 0.507 e. The Morgan fingerprint density at radius 1 is 1.50 bits per heavy atom. The first-order valence-electron chi connectivity index (χ1n) is 4.92. The number of hydrogen-bond acceptors (Lipinski definition) is 3. The lowest BCUT2D eigenvalue weighted by Crippen LogP contribution is -2.31. The van der Waals surface area contributed by atoms with E-state index in [4.69, 9.17) is 0 Å². The normalized spacial score (nSPS) is 10.5. The van der Waals surface area contributed by atoms with Gasteiger partial charge in [-0.1, -0.05) is 0 Å². The second kappa shape index (κ2) is 5.86. The van der Waals surface area contributed by atoms with Crippen LogP contribution in [0.3, 0.4) is 0 Å². The van der Waals surface area contributed by atoms with Gasteiger partial charge < -0.3 is 15.3 Å². The summed E-state index contributed by atoms with van der Waals surface area (Å²) in [7, 11) is 3.88. The van der Waals surface area contributed by atoms with Crippen LogP contribution in [0.2, 0.25) is 0 Å². The fourth-order valence-electron chi connectivity index (χ4n) is 1.15. The molecule has 1 amide bonds. The van der Waals surface area contributed by atoms with Gasteiger partial charge in [0.25, 0.3) is 5.91 Å². The zero-order chi connectivity index (χ0) is 12.1. The summed E-state index contributed by atoms with van der Waals surface area (Å²) in [5.74, 6) is -0.107. The van der Waals surface area contributed by atoms with Crippen molar-refractivity contribution in [2.75, 3.05) is 27.2 Å². The van der Waals surface area contributed by atoms with Crippen molar-refractivity contribution in [1.82, 2.24) is 10.2 Å². The van der Waals surface area contributed by atoms with E-state index in [0.717, 1.165) is 6.54 Å². The molecule has 0 fully saturated rings. The maximum atomic E-state index is 11.6. The second-order valence-electron chi connectivity index (χ2n) is 3.73. The maximum Gasteiger partial charge on any atom is 0.251 e. The van der Waals surface area contributed by atoms with E-state index in [1.54, 1.807) is 12.1 Å². The predicted octanol–water partition coefficient (Wildman–Crippen LogP) is 1.45. The third-order valence-electron chi connectivity index (χ3n) is 2.05. The standard InChI is InChI=1S/C11H15BrN2O2/c1-14(2)6-5-13-11(16)8-3-4-9(12)10(15)7-8/h3-4,7,15H,5-6H2,1-2H3,(H,13,16). The van der Waals surface area contributed by atoms with Gasteiger partial charge in [0.1, 0.15) is 5.75 Å². The van der Waals surface area contributed by atoms with Crippen molar-refractivity contribution in [2.24, 2.45) is 0 Å². The molecule has 0 aromatic heterocycles. The van der Waals surface area contributed by atoms with Crippen molar-refractivity contribution < 1.29 is 9.90 Å². The van der Waals surface area contributed by atoms with E-state index in [0.29, 0.717) is 16.6 Å². The van der Waals surface area contributed by atoms with Gasteiger partial charge in [-0.25, -0.2) is 0 Å². The van der Waals surface area contributed by atoms with Crippen LogP contribution in [0.1, 0.15) is 10.4 Å². The minimum atomic E-state index is -0.176. The number of carbonyl (C=O) groups is 1. The Labute approximate surface area is 103 Å². The first-order valence-corrected chi connectivity index (χ1v) is 5.71. The molecule has 0 radical (unpaired) electrons. The van der Waals surface area contributed by atoms with Crippen LogP contribution in [0.5, 0.6) is 5.75 Å². The molecule has 0 unspecified atom stereocenters. The molecular formula is C11H15BrN2O2. The molecule has 1 rings (SSSR count). The zero-order valence-corrected chi connectivity index (χ0v) is 10.9. The molecule has 0 aliphatic carbocycles. The molecule has 0 atom stereocenters. The van der Waals surface area contributed by atoms with E-state index in [9.17, 15) is 9.90 Å². The summed E-state index contributed by atoms with van der Waals surface area (Å²) in [4.78, 5) is 13.6. The summed E-state index contributed by atoms with van der Waals surface area (Å²) < 4.78 is 0.581. The van der Waals surface area contributed by atoms with Crippen LogP contribution < -0.4 is 5.32 Å². The van der Waals surface area contributed by atoms with Gasteiger partial charge in [-0.05, 0) is 48.2 Å². The first-order chi connectivity index (χ1) is 7.50. The number of amides is 1. The van der Waals surface area contributed by atoms with Crippen molar-refractivity contribution in [1.29, 1.82) is 0 Å². The number of hydrogen-bond donors (Lipinski definition) is 2. The molecule has 0 heterocycles. The van der Waals surface area contributed by atoms with E-state index in [2.05, 4.69) is 21.2 Å². The Bertz CT molecular complexity index is 380. The number of nitrogens with zero attached hydrogens (tertiary/aromatic N) is 1. The summed E-state index contributed by atoms with van der Waals surface area (Å²) in [6.07, 6.45) is 0. The molecule has 0 aliphatic rings. The molecule has 4 nitrogen and oxygen atoms in total. The summed E-state index contributed by atoms with van der Waals surface area (Å²) in [6.45, 7) is 1.37. The van der Waals surface area contributed by atoms with Crippen molar-refractivity contribution in [3.8, 4) is 5.75 Å². The zero-order valence-electron chi connectivity index (χ0n) is 9.33. The number of likely N-dealkylation sites (N-methyl/N-ethyl adjacent to an activating group) is 1. The molecule has 88 valence electrons. The highest BCUT2D eigenvalue weighted by Crippen LogP contribution is 2.24. The number of carbonyl (C=O) groups excluding carboxylic acids is 1. The highest BCUT2D eigenvalue weighted by atomic mass is 79.9. The topological polar surface area (TPSA) is 52.6 Å². The van der Waals surface area contributed by atoms with Crippen molar-refractivity contribution in [2.45, 2.75) is 0 Å². The summed E-state index contributed by atoms with van der Waals surface area (Å²) in [5, 5.41) is 12.2. The van der Waals surface area contributed by atoms with Crippen LogP contribution in [0.15, 0.2) is 22.7 Å². The lowest BCUT2D eigenvalue weighted by molar-refractivity contribution is 0.0950. The number of aromatic hydroxyl groups is 1. The van der Waals surface area contributed by atoms with Gasteiger partial charge in [-0.15, -0.1) is 0 Å². The number of nitrogens with one attached hydrogen (secondary N) is 1. The van der Waals surface area contributed by atoms with Crippen molar-refractivity contribution in [3.63, 3.8) is 0 Å². The van der Waals surface area contributed by atoms with Crippen molar-refractivity contribution >= 4 is 21.8 Å². The van der Waals surface area contributed by atoms with Crippen molar-refractivity contribution in [3.05, 3.63) is 28.2 Å². The molecule has 5 heteroatoms. The molecule has 0 saturated carbocycles. The van der Waals surface area contributed by atoms with Gasteiger partial charge in [-0.3, -0.25) is 4.79 Å². The van der Waals surface area contributed by atoms with Gasteiger partial charge >= 0.3 is 0 Å². The molecule has 0 bridgehead atoms. The Morgan fingerprint density at radius 3 is 2.75 bits per heavy atom. The van der Waals surface area contributed by atoms with Crippen LogP contribution in [0.4, 0.5) is 0 Å². The third kappa shape index (κ3) is 3.83. The van der Waals surface area contributed by atoms with Gasteiger partial charge in [0.15, 0.2) is 0 Å². The fourth-order valence-corrected chi connectivity index (χ4v) is 1.40. The first kappa shape index (κ1) is 13.0. The average Bonchev–Trinajstić information content (AvgIpc) is 2.21. The number of phenolic OH excluding ortho intramolecular Hbond substituents is 1. The molecule has 16 heavy (non-hydrogen) atoms. The van der Waals surface area contributed by atoms with Gasteiger partial charge in [0.2, 0.25) is 0 Å². The molecule has 0 aliphatic heterocycles. The minimum absolute atomic E-state index is 0.0697. The minimum Gasteiger partial charge on any atom is -0.507 e. The van der Waals surface area contributed by atoms with Gasteiger partial charge in [0.05, 0.1) is 4.47 Å². The van der Waals surface area contributed by atoms with E-state index in [-0.39, 0.29) is 11.7 Å².